The number of nitrogens with two attached hydrogens (primary N) is 1. The van der Waals surface area contributed by atoms with Gasteiger partial charge < -0.3 is 10.5 Å². The maximum Gasteiger partial charge on any atom is 0.154 e. The zero-order chi connectivity index (χ0) is 13.5. The number of sulfone groups is 1. The lowest BCUT2D eigenvalue weighted by Crippen LogP contribution is -2.17. The van der Waals surface area contributed by atoms with Crippen molar-refractivity contribution in [3.05, 3.63) is 36.4 Å². The summed E-state index contributed by atoms with van der Waals surface area (Å²) in [7, 11) is -2.93. The molecule has 100 valence electrons. The fourth-order valence-electron chi connectivity index (χ4n) is 2.43. The van der Waals surface area contributed by atoms with E-state index in [1.54, 1.807) is 6.07 Å². The Balaban J connectivity index is 1.96. The zero-order valence-corrected chi connectivity index (χ0v) is 11.2. The fourth-order valence-corrected chi connectivity index (χ4v) is 4.02. The van der Waals surface area contributed by atoms with Crippen LogP contribution in [0.4, 0.5) is 5.69 Å². The highest BCUT2D eigenvalue weighted by atomic mass is 32.2. The van der Waals surface area contributed by atoms with E-state index in [9.17, 15) is 8.42 Å². The lowest BCUT2D eigenvalue weighted by molar-refractivity contribution is 0.232. The van der Waals surface area contributed by atoms with Crippen LogP contribution in [0.15, 0.2) is 36.4 Å². The Bertz CT molecular complexity index is 725. The zero-order valence-electron chi connectivity index (χ0n) is 10.4. The van der Waals surface area contributed by atoms with Crippen molar-refractivity contribution in [1.29, 1.82) is 0 Å². The quantitative estimate of drug-likeness (QED) is 0.852. The molecule has 1 fully saturated rings. The first-order chi connectivity index (χ1) is 9.05. The molecule has 0 bridgehead atoms. The molecule has 0 aliphatic carbocycles. The molecule has 0 amide bonds. The topological polar surface area (TPSA) is 69.4 Å². The van der Waals surface area contributed by atoms with Gasteiger partial charge in [-0.05, 0) is 18.6 Å². The van der Waals surface area contributed by atoms with Crippen LogP contribution in [0.3, 0.4) is 0 Å². The molecule has 2 aromatic rings. The molecule has 2 N–H and O–H groups in total. The van der Waals surface area contributed by atoms with E-state index in [1.807, 2.05) is 30.3 Å². The minimum Gasteiger partial charge on any atom is -0.489 e. The average Bonchev–Trinajstić information content (AvgIpc) is 2.73. The van der Waals surface area contributed by atoms with Crippen molar-refractivity contribution < 1.29 is 13.2 Å². The van der Waals surface area contributed by atoms with Gasteiger partial charge in [0.2, 0.25) is 0 Å². The van der Waals surface area contributed by atoms with Crippen molar-refractivity contribution in [3.8, 4) is 5.75 Å². The van der Waals surface area contributed by atoms with Gasteiger partial charge in [0, 0.05) is 16.5 Å². The normalized spacial score (nSPS) is 21.6. The van der Waals surface area contributed by atoms with Crippen molar-refractivity contribution in [2.24, 2.45) is 0 Å². The Morgan fingerprint density at radius 1 is 1.11 bits per heavy atom. The van der Waals surface area contributed by atoms with Crippen LogP contribution in [-0.4, -0.2) is 26.0 Å². The summed E-state index contributed by atoms with van der Waals surface area (Å²) in [5.41, 5.74) is 6.62. The van der Waals surface area contributed by atoms with Crippen LogP contribution in [0.5, 0.6) is 5.75 Å². The summed E-state index contributed by atoms with van der Waals surface area (Å²) in [6, 6.07) is 11.3. The van der Waals surface area contributed by atoms with Gasteiger partial charge >= 0.3 is 0 Å². The van der Waals surface area contributed by atoms with E-state index in [4.69, 9.17) is 10.5 Å². The molecule has 1 heterocycles. The minimum absolute atomic E-state index is 0.103. The van der Waals surface area contributed by atoms with Crippen molar-refractivity contribution in [3.63, 3.8) is 0 Å². The molecule has 0 spiro atoms. The maximum absolute atomic E-state index is 11.4. The molecular formula is C14H15NO3S. The standard InChI is InChI=1S/C14H15NO3S/c15-13-5-6-14(12-4-2-1-3-11(12)13)18-10-7-8-19(16,17)9-10/h1-6,10H,7-9,15H2. The lowest BCUT2D eigenvalue weighted by atomic mass is 10.1. The molecule has 1 unspecified atom stereocenters. The van der Waals surface area contributed by atoms with Gasteiger partial charge in [-0.2, -0.15) is 0 Å². The van der Waals surface area contributed by atoms with Gasteiger partial charge in [-0.15, -0.1) is 0 Å². The number of rotatable bonds is 2. The van der Waals surface area contributed by atoms with Crippen LogP contribution in [-0.2, 0) is 9.84 Å². The Labute approximate surface area is 112 Å². The first-order valence-corrected chi connectivity index (χ1v) is 8.02. The van der Waals surface area contributed by atoms with Crippen molar-refractivity contribution in [2.75, 3.05) is 17.2 Å². The van der Waals surface area contributed by atoms with Crippen LogP contribution in [0.2, 0.25) is 0 Å². The summed E-state index contributed by atoms with van der Waals surface area (Å²) < 4.78 is 28.7. The Hall–Kier alpha value is -1.75. The van der Waals surface area contributed by atoms with Gasteiger partial charge in [0.1, 0.15) is 11.9 Å². The van der Waals surface area contributed by atoms with Gasteiger partial charge in [-0.25, -0.2) is 8.42 Å². The van der Waals surface area contributed by atoms with E-state index in [2.05, 4.69) is 0 Å². The van der Waals surface area contributed by atoms with E-state index >= 15 is 0 Å². The second-order valence-corrected chi connectivity index (χ2v) is 7.07. The molecule has 0 radical (unpaired) electrons. The molecule has 1 aliphatic heterocycles. The van der Waals surface area contributed by atoms with Crippen LogP contribution in [0, 0.1) is 0 Å². The second kappa shape index (κ2) is 4.42. The molecular weight excluding hydrogens is 262 g/mol. The third-order valence-corrected chi connectivity index (χ3v) is 5.14. The van der Waals surface area contributed by atoms with Gasteiger partial charge in [-0.1, -0.05) is 24.3 Å². The molecule has 19 heavy (non-hydrogen) atoms. The molecule has 5 heteroatoms. The molecule has 2 aromatic carbocycles. The van der Waals surface area contributed by atoms with Crippen molar-refractivity contribution >= 4 is 26.3 Å². The Morgan fingerprint density at radius 2 is 1.84 bits per heavy atom. The average molecular weight is 277 g/mol. The van der Waals surface area contributed by atoms with Crippen LogP contribution < -0.4 is 10.5 Å². The van der Waals surface area contributed by atoms with Gasteiger partial charge in [0.05, 0.1) is 11.5 Å². The minimum atomic E-state index is -2.93. The molecule has 1 saturated heterocycles. The smallest absolute Gasteiger partial charge is 0.154 e. The number of fused-ring (bicyclic) bond motifs is 1. The van der Waals surface area contributed by atoms with E-state index < -0.39 is 9.84 Å². The highest BCUT2D eigenvalue weighted by molar-refractivity contribution is 7.91. The molecule has 0 aromatic heterocycles. The van der Waals surface area contributed by atoms with E-state index in [-0.39, 0.29) is 17.6 Å². The summed E-state index contributed by atoms with van der Waals surface area (Å²) in [6.45, 7) is 0. The summed E-state index contributed by atoms with van der Waals surface area (Å²) >= 11 is 0. The third-order valence-electron chi connectivity index (χ3n) is 3.40. The van der Waals surface area contributed by atoms with Gasteiger partial charge in [0.15, 0.2) is 9.84 Å². The summed E-state index contributed by atoms with van der Waals surface area (Å²) in [6.07, 6.45) is 0.304. The first kappa shape index (κ1) is 12.3. The molecule has 0 saturated carbocycles. The van der Waals surface area contributed by atoms with E-state index in [1.165, 1.54) is 0 Å². The monoisotopic (exact) mass is 277 g/mol. The predicted molar refractivity (Wildman–Crippen MR) is 76.0 cm³/mol. The molecule has 1 aliphatic rings. The number of ether oxygens (including phenoxy) is 1. The summed E-state index contributed by atoms with van der Waals surface area (Å²) in [5.74, 6) is 1.02. The highest BCUT2D eigenvalue weighted by Crippen LogP contribution is 2.31. The number of hydrogen-bond acceptors (Lipinski definition) is 4. The number of anilines is 1. The summed E-state index contributed by atoms with van der Waals surface area (Å²) in [5, 5.41) is 1.85. The van der Waals surface area contributed by atoms with Crippen molar-refractivity contribution in [2.45, 2.75) is 12.5 Å². The molecule has 4 nitrogen and oxygen atoms in total. The first-order valence-electron chi connectivity index (χ1n) is 6.19. The third kappa shape index (κ3) is 2.38. The number of nitrogen functional groups attached to an aromatic ring is 1. The number of benzene rings is 2. The SMILES string of the molecule is Nc1ccc(OC2CCS(=O)(=O)C2)c2ccccc12. The van der Waals surface area contributed by atoms with Gasteiger partial charge in [0.25, 0.3) is 0 Å². The van der Waals surface area contributed by atoms with Crippen molar-refractivity contribution in [1.82, 2.24) is 0 Å². The molecule has 1 atom stereocenters. The fraction of sp³-hybridized carbons (Fsp3) is 0.286. The maximum atomic E-state index is 11.4. The van der Waals surface area contributed by atoms with E-state index in [0.29, 0.717) is 17.9 Å². The largest absolute Gasteiger partial charge is 0.489 e. The van der Waals surface area contributed by atoms with E-state index in [0.717, 1.165) is 10.8 Å². The lowest BCUT2D eigenvalue weighted by Gasteiger charge is -2.15. The van der Waals surface area contributed by atoms with Crippen LogP contribution in [0.25, 0.3) is 10.8 Å². The Kier molecular flexibility index (Phi) is 2.86. The van der Waals surface area contributed by atoms with Crippen LogP contribution >= 0.6 is 0 Å². The Morgan fingerprint density at radius 3 is 2.53 bits per heavy atom. The second-order valence-electron chi connectivity index (χ2n) is 4.84. The van der Waals surface area contributed by atoms with Crippen LogP contribution in [0.1, 0.15) is 6.42 Å². The predicted octanol–water partition coefficient (Wildman–Crippen LogP) is 1.99. The number of hydrogen-bond donors (Lipinski definition) is 1. The van der Waals surface area contributed by atoms with Gasteiger partial charge in [-0.3, -0.25) is 0 Å². The summed E-state index contributed by atoms with van der Waals surface area (Å²) in [4.78, 5) is 0. The molecule has 3 rings (SSSR count). The highest BCUT2D eigenvalue weighted by Gasteiger charge is 2.29.